The summed E-state index contributed by atoms with van der Waals surface area (Å²) >= 11 is 0. The summed E-state index contributed by atoms with van der Waals surface area (Å²) in [5.74, 6) is 3.77. The molecule has 0 spiro atoms. The minimum absolute atomic E-state index is 0.113. The first-order valence-electron chi connectivity index (χ1n) is 18.4. The smallest absolute Gasteiger partial charge is 0.295 e. The van der Waals surface area contributed by atoms with Gasteiger partial charge in [0.25, 0.3) is 0 Å². The van der Waals surface area contributed by atoms with E-state index in [1.54, 1.807) is 0 Å². The molecule has 8 rings (SSSR count). The maximum absolute atomic E-state index is 13.8. The van der Waals surface area contributed by atoms with Gasteiger partial charge < -0.3 is 0 Å². The van der Waals surface area contributed by atoms with Crippen molar-refractivity contribution >= 4 is 22.0 Å². The van der Waals surface area contributed by atoms with Gasteiger partial charge in [0.2, 0.25) is 0 Å². The third-order valence-corrected chi connectivity index (χ3v) is 17.2. The molecule has 0 unspecified atom stereocenters. The lowest BCUT2D eigenvalue weighted by Crippen LogP contribution is -2.52. The summed E-state index contributed by atoms with van der Waals surface area (Å²) in [5, 5.41) is 0. The van der Waals surface area contributed by atoms with E-state index in [0.29, 0.717) is 48.3 Å². The molecule has 0 aliphatic heterocycles. The Bertz CT molecular complexity index is 1360. The van der Waals surface area contributed by atoms with Crippen molar-refractivity contribution in [3.63, 3.8) is 0 Å². The van der Waals surface area contributed by atoms with Gasteiger partial charge in [-0.3, -0.25) is 9.59 Å². The van der Waals surface area contributed by atoms with Crippen LogP contribution in [0.1, 0.15) is 130 Å². The summed E-state index contributed by atoms with van der Waals surface area (Å²) in [7, 11) is -4.15. The summed E-state index contributed by atoms with van der Waals surface area (Å²) in [6.45, 7) is 9.37. The molecule has 0 aromatic carbocycles. The molecule has 0 aromatic heterocycles. The van der Waals surface area contributed by atoms with Crippen LogP contribution in [0.5, 0.6) is 0 Å². The van der Waals surface area contributed by atoms with Gasteiger partial charge in [0, 0.05) is 12.8 Å². The predicted molar refractivity (Wildman–Crippen MR) is 172 cm³/mol. The molecule has 8 aliphatic carbocycles. The predicted octanol–water partition coefficient (Wildman–Crippen LogP) is 8.07. The van der Waals surface area contributed by atoms with Gasteiger partial charge in [-0.1, -0.05) is 38.8 Å². The van der Waals surface area contributed by atoms with E-state index >= 15 is 0 Å². The Morgan fingerprint density at radius 1 is 0.556 bits per heavy atom. The number of carbonyl (C=O) groups excluding carboxylic acids is 2. The molecule has 6 fully saturated rings. The summed E-state index contributed by atoms with van der Waals surface area (Å²) < 4.78 is 39.8. The van der Waals surface area contributed by atoms with Crippen LogP contribution in [0.2, 0.25) is 0 Å². The zero-order valence-corrected chi connectivity index (χ0v) is 28.8. The molecule has 0 saturated heterocycles. The van der Waals surface area contributed by atoms with Crippen LogP contribution in [0.25, 0.3) is 0 Å². The Balaban J connectivity index is 0.956. The zero-order valence-electron chi connectivity index (χ0n) is 27.9. The lowest BCUT2D eigenvalue weighted by molar-refractivity contribution is -0.118. The van der Waals surface area contributed by atoms with Crippen molar-refractivity contribution in [2.75, 3.05) is 0 Å². The summed E-state index contributed by atoms with van der Waals surface area (Å²) in [6.07, 6.45) is 18.4. The minimum Gasteiger partial charge on any atom is -0.295 e. The number of allylic oxidation sites excluding steroid dienone is 2. The number of hydrogen-bond acceptors (Lipinski definition) is 6. The second kappa shape index (κ2) is 10.3. The first-order valence-corrected chi connectivity index (χ1v) is 19.7. The van der Waals surface area contributed by atoms with E-state index in [2.05, 4.69) is 27.7 Å². The van der Waals surface area contributed by atoms with Gasteiger partial charge in [0.1, 0.15) is 0 Å². The normalized spacial score (nSPS) is 50.8. The van der Waals surface area contributed by atoms with Crippen LogP contribution < -0.4 is 0 Å². The molecule has 45 heavy (non-hydrogen) atoms. The quantitative estimate of drug-likeness (QED) is 0.310. The Morgan fingerprint density at radius 2 is 0.978 bits per heavy atom. The highest BCUT2D eigenvalue weighted by Crippen LogP contribution is 2.67. The monoisotopic (exact) mass is 638 g/mol. The lowest BCUT2D eigenvalue weighted by Gasteiger charge is -2.58. The maximum atomic E-state index is 13.8. The summed E-state index contributed by atoms with van der Waals surface area (Å²) in [4.78, 5) is 24.4. The van der Waals surface area contributed by atoms with Crippen LogP contribution >= 0.6 is 0 Å². The topological polar surface area (TPSA) is 86.7 Å². The Kier molecular flexibility index (Phi) is 7.12. The highest BCUT2D eigenvalue weighted by molar-refractivity contribution is 7.81. The van der Waals surface area contributed by atoms with Crippen molar-refractivity contribution in [1.29, 1.82) is 0 Å². The Morgan fingerprint density at radius 3 is 1.40 bits per heavy atom. The SMILES string of the molecule is C[C@]12CC[C@H]3[C@@H](CCC4=CC(=O)CC[C@@]43C)[C@@H]1CC[C@@H]2OS(=O)(=O)O[C@H]1CC[C@H]2[C@@H]3CCC4=CC(=O)CC[C@]4(C)[C@H]3CC[C@]12C. The molecular formula is C38H54O6S. The number of ketones is 2. The molecule has 6 nitrogen and oxygen atoms in total. The summed E-state index contributed by atoms with van der Waals surface area (Å²) in [5.41, 5.74) is 2.64. The second-order valence-electron chi connectivity index (χ2n) is 17.8. The largest absolute Gasteiger partial charge is 0.400 e. The van der Waals surface area contributed by atoms with E-state index in [-0.39, 0.29) is 45.4 Å². The first-order chi connectivity index (χ1) is 21.3. The Hall–Kier alpha value is -1.31. The van der Waals surface area contributed by atoms with Crippen LogP contribution in [-0.4, -0.2) is 32.2 Å². The first kappa shape index (κ1) is 31.0. The molecule has 0 aromatic rings. The average molecular weight is 639 g/mol. The van der Waals surface area contributed by atoms with E-state index in [9.17, 15) is 18.0 Å². The van der Waals surface area contributed by atoms with Crippen molar-refractivity contribution < 1.29 is 26.4 Å². The molecule has 0 bridgehead atoms. The van der Waals surface area contributed by atoms with Gasteiger partial charge in [0.05, 0.1) is 12.2 Å². The fourth-order valence-electron chi connectivity index (χ4n) is 13.6. The molecular weight excluding hydrogens is 584 g/mol. The van der Waals surface area contributed by atoms with Crippen LogP contribution in [0, 0.1) is 57.2 Å². The number of fused-ring (bicyclic) bond motifs is 10. The standard InChI is InChI=1S/C38H54O6S/c1-35-17-13-25(39)21-23(35)5-7-27-29-9-11-33(37(29,3)19-15-31(27)35)43-45(41,42)44-34-12-10-30-28-8-6-24-22-26(40)14-18-36(24,2)32(28)16-20-38(30,34)4/h21-22,27-34H,5-20H2,1-4H3/t27-,28-,29-,30-,31-,32-,33-,34-,35-,36-,37-,38-/m0/s1. The molecule has 7 heteroatoms. The van der Waals surface area contributed by atoms with Gasteiger partial charge in [-0.05, 0) is 159 Å². The molecule has 0 amide bonds. The fourth-order valence-corrected chi connectivity index (χ4v) is 14.9. The molecule has 12 atom stereocenters. The minimum atomic E-state index is -4.15. The van der Waals surface area contributed by atoms with Crippen molar-refractivity contribution in [2.24, 2.45) is 57.2 Å². The highest BCUT2D eigenvalue weighted by Gasteiger charge is 2.62. The van der Waals surface area contributed by atoms with E-state index in [0.717, 1.165) is 89.9 Å². The maximum Gasteiger partial charge on any atom is 0.400 e. The number of carbonyl (C=O) groups is 2. The van der Waals surface area contributed by atoms with Crippen molar-refractivity contribution in [3.8, 4) is 0 Å². The van der Waals surface area contributed by atoms with E-state index in [4.69, 9.17) is 8.37 Å². The highest BCUT2D eigenvalue weighted by atomic mass is 32.3. The summed E-state index contributed by atoms with van der Waals surface area (Å²) in [6, 6.07) is 0. The fraction of sp³-hybridized carbons (Fsp3) is 0.842. The zero-order chi connectivity index (χ0) is 31.6. The van der Waals surface area contributed by atoms with Crippen molar-refractivity contribution in [1.82, 2.24) is 0 Å². The molecule has 248 valence electrons. The number of hydrogen-bond donors (Lipinski definition) is 0. The van der Waals surface area contributed by atoms with Gasteiger partial charge in [-0.25, -0.2) is 8.37 Å². The lowest BCUT2D eigenvalue weighted by atomic mass is 9.47. The van der Waals surface area contributed by atoms with Crippen LogP contribution in [0.4, 0.5) is 0 Å². The molecule has 0 radical (unpaired) electrons. The number of rotatable bonds is 4. The van der Waals surface area contributed by atoms with Crippen molar-refractivity contribution in [2.45, 2.75) is 143 Å². The van der Waals surface area contributed by atoms with Gasteiger partial charge >= 0.3 is 10.4 Å². The third-order valence-electron chi connectivity index (χ3n) is 16.2. The van der Waals surface area contributed by atoms with Crippen LogP contribution in [-0.2, 0) is 28.4 Å². The van der Waals surface area contributed by atoms with E-state index in [1.165, 1.54) is 11.1 Å². The Labute approximate surface area is 270 Å². The molecule has 0 N–H and O–H groups in total. The van der Waals surface area contributed by atoms with E-state index < -0.39 is 10.4 Å². The molecule has 6 saturated carbocycles. The van der Waals surface area contributed by atoms with Gasteiger partial charge in [-0.15, -0.1) is 0 Å². The molecule has 8 aliphatic rings. The van der Waals surface area contributed by atoms with Crippen LogP contribution in [0.15, 0.2) is 23.3 Å². The average Bonchev–Trinajstić information content (AvgIpc) is 3.49. The van der Waals surface area contributed by atoms with Crippen LogP contribution in [0.3, 0.4) is 0 Å². The van der Waals surface area contributed by atoms with Crippen molar-refractivity contribution in [3.05, 3.63) is 23.3 Å². The van der Waals surface area contributed by atoms with Gasteiger partial charge in [-0.2, -0.15) is 8.42 Å². The third kappa shape index (κ3) is 4.55. The second-order valence-corrected chi connectivity index (χ2v) is 19.0. The van der Waals surface area contributed by atoms with Gasteiger partial charge in [0.15, 0.2) is 11.6 Å². The van der Waals surface area contributed by atoms with E-state index in [1.807, 2.05) is 12.2 Å². The molecule has 0 heterocycles.